The van der Waals surface area contributed by atoms with E-state index >= 15 is 0 Å². The number of furan rings is 1. The Balaban J connectivity index is 2.06. The van der Waals surface area contributed by atoms with Gasteiger partial charge in [-0.1, -0.05) is 19.1 Å². The molecule has 1 aromatic heterocycles. The van der Waals surface area contributed by atoms with Crippen LogP contribution in [0.1, 0.15) is 18.2 Å². The smallest absolute Gasteiger partial charge is 0.247 e. The maximum absolute atomic E-state index is 12.5. The fourth-order valence-electron chi connectivity index (χ4n) is 2.36. The molecule has 0 aliphatic carbocycles. The fraction of sp³-hybridized carbons (Fsp3) is 0.316. The summed E-state index contributed by atoms with van der Waals surface area (Å²) in [7, 11) is -1.91. The van der Waals surface area contributed by atoms with E-state index in [1.807, 2.05) is 0 Å². The van der Waals surface area contributed by atoms with E-state index in [9.17, 15) is 13.2 Å². The molecule has 2 rings (SSSR count). The minimum atomic E-state index is -3.48. The highest BCUT2D eigenvalue weighted by atomic mass is 32.2. The van der Waals surface area contributed by atoms with Gasteiger partial charge in [-0.2, -0.15) is 0 Å². The van der Waals surface area contributed by atoms with Gasteiger partial charge in [0.1, 0.15) is 5.76 Å². The molecular formula is C19H24N2O5S. The number of benzene rings is 1. The van der Waals surface area contributed by atoms with E-state index in [2.05, 4.69) is 4.72 Å². The van der Waals surface area contributed by atoms with Gasteiger partial charge in [0.05, 0.1) is 24.3 Å². The summed E-state index contributed by atoms with van der Waals surface area (Å²) in [6.07, 6.45) is 4.66. The van der Waals surface area contributed by atoms with Crippen molar-refractivity contribution in [3.8, 4) is 0 Å². The zero-order valence-electron chi connectivity index (χ0n) is 15.4. The van der Waals surface area contributed by atoms with Crippen molar-refractivity contribution in [2.24, 2.45) is 0 Å². The van der Waals surface area contributed by atoms with E-state index in [1.54, 1.807) is 55.5 Å². The van der Waals surface area contributed by atoms with Crippen molar-refractivity contribution >= 4 is 22.0 Å². The molecule has 0 aliphatic rings. The number of amides is 1. The maximum atomic E-state index is 12.5. The van der Waals surface area contributed by atoms with Crippen molar-refractivity contribution in [3.05, 3.63) is 60.1 Å². The van der Waals surface area contributed by atoms with E-state index < -0.39 is 10.0 Å². The third kappa shape index (κ3) is 6.35. The summed E-state index contributed by atoms with van der Waals surface area (Å²) >= 11 is 0. The van der Waals surface area contributed by atoms with Crippen molar-refractivity contribution in [2.45, 2.75) is 18.4 Å². The average molecular weight is 392 g/mol. The molecule has 0 atom stereocenters. The Bertz CT molecular complexity index is 843. The SMILES string of the molecule is CCNS(=O)(=O)c1ccc(/C=C/C(=O)N(CCOC)Cc2ccco2)cc1. The van der Waals surface area contributed by atoms with Crippen LogP contribution < -0.4 is 4.72 Å². The number of hydrogen-bond acceptors (Lipinski definition) is 5. The van der Waals surface area contributed by atoms with Gasteiger partial charge in [-0.25, -0.2) is 13.1 Å². The molecule has 1 N–H and O–H groups in total. The number of carbonyl (C=O) groups excluding carboxylic acids is 1. The molecule has 1 amide bonds. The van der Waals surface area contributed by atoms with Gasteiger partial charge in [-0.15, -0.1) is 0 Å². The topological polar surface area (TPSA) is 88.9 Å². The molecule has 1 heterocycles. The van der Waals surface area contributed by atoms with Crippen LogP contribution in [0.2, 0.25) is 0 Å². The molecule has 0 saturated carbocycles. The lowest BCUT2D eigenvalue weighted by Crippen LogP contribution is -2.31. The van der Waals surface area contributed by atoms with Gasteiger partial charge in [0.25, 0.3) is 0 Å². The predicted octanol–water partition coefficient (Wildman–Crippen LogP) is 2.27. The van der Waals surface area contributed by atoms with Crippen LogP contribution in [0.25, 0.3) is 6.08 Å². The number of sulfonamides is 1. The third-order valence-electron chi connectivity index (χ3n) is 3.75. The van der Waals surface area contributed by atoms with Gasteiger partial charge >= 0.3 is 0 Å². The number of hydrogen-bond donors (Lipinski definition) is 1. The number of nitrogens with zero attached hydrogens (tertiary/aromatic N) is 1. The zero-order valence-corrected chi connectivity index (χ0v) is 16.2. The van der Waals surface area contributed by atoms with E-state index in [0.29, 0.717) is 32.0 Å². The maximum Gasteiger partial charge on any atom is 0.247 e. The molecular weight excluding hydrogens is 368 g/mol. The van der Waals surface area contributed by atoms with Gasteiger partial charge < -0.3 is 14.1 Å². The lowest BCUT2D eigenvalue weighted by molar-refractivity contribution is -0.127. The summed E-state index contributed by atoms with van der Waals surface area (Å²) in [5, 5.41) is 0. The summed E-state index contributed by atoms with van der Waals surface area (Å²) in [6, 6.07) is 9.90. The Labute approximate surface area is 159 Å². The van der Waals surface area contributed by atoms with Gasteiger partial charge in [0.2, 0.25) is 15.9 Å². The predicted molar refractivity (Wildman–Crippen MR) is 102 cm³/mol. The number of carbonyl (C=O) groups is 1. The Kier molecular flexibility index (Phi) is 7.78. The Morgan fingerprint density at radius 1 is 1.26 bits per heavy atom. The van der Waals surface area contributed by atoms with Crippen molar-refractivity contribution in [2.75, 3.05) is 26.8 Å². The quantitative estimate of drug-likeness (QED) is 0.627. The molecule has 0 aliphatic heterocycles. The second-order valence-corrected chi connectivity index (χ2v) is 7.50. The largest absolute Gasteiger partial charge is 0.467 e. The summed E-state index contributed by atoms with van der Waals surface area (Å²) in [5.41, 5.74) is 0.725. The molecule has 146 valence electrons. The number of methoxy groups -OCH3 is 1. The lowest BCUT2D eigenvalue weighted by atomic mass is 10.2. The van der Waals surface area contributed by atoms with Crippen LogP contribution >= 0.6 is 0 Å². The number of ether oxygens (including phenoxy) is 1. The summed E-state index contributed by atoms with van der Waals surface area (Å²) < 4.78 is 36.7. The van der Waals surface area contributed by atoms with Crippen molar-refractivity contribution in [1.29, 1.82) is 0 Å². The molecule has 0 fully saturated rings. The highest BCUT2D eigenvalue weighted by Gasteiger charge is 2.13. The van der Waals surface area contributed by atoms with E-state index in [4.69, 9.17) is 9.15 Å². The van der Waals surface area contributed by atoms with Gasteiger partial charge in [-0.05, 0) is 35.9 Å². The highest BCUT2D eigenvalue weighted by molar-refractivity contribution is 7.89. The molecule has 0 bridgehead atoms. The third-order valence-corrected chi connectivity index (χ3v) is 5.31. The Morgan fingerprint density at radius 3 is 2.59 bits per heavy atom. The van der Waals surface area contributed by atoms with Crippen LogP contribution in [0.15, 0.2) is 58.1 Å². The monoisotopic (exact) mass is 392 g/mol. The number of rotatable bonds is 10. The zero-order chi connectivity index (χ0) is 19.7. The molecule has 27 heavy (non-hydrogen) atoms. The van der Waals surface area contributed by atoms with Gasteiger partial charge in [0, 0.05) is 26.3 Å². The van der Waals surface area contributed by atoms with Crippen LogP contribution in [-0.2, 0) is 26.1 Å². The molecule has 2 aromatic rings. The van der Waals surface area contributed by atoms with Crippen molar-refractivity contribution < 1.29 is 22.4 Å². The van der Waals surface area contributed by atoms with Crippen LogP contribution in [-0.4, -0.2) is 46.0 Å². The van der Waals surface area contributed by atoms with Crippen molar-refractivity contribution in [3.63, 3.8) is 0 Å². The minimum Gasteiger partial charge on any atom is -0.467 e. The summed E-state index contributed by atoms with van der Waals surface area (Å²) in [4.78, 5) is 14.3. The molecule has 8 heteroatoms. The Morgan fingerprint density at radius 2 is 2.00 bits per heavy atom. The second-order valence-electron chi connectivity index (χ2n) is 5.74. The van der Waals surface area contributed by atoms with Crippen molar-refractivity contribution in [1.82, 2.24) is 9.62 Å². The van der Waals surface area contributed by atoms with Gasteiger partial charge in [-0.3, -0.25) is 4.79 Å². The van der Waals surface area contributed by atoms with Crippen LogP contribution in [0.4, 0.5) is 0 Å². The Hall–Kier alpha value is -2.42. The average Bonchev–Trinajstić information content (AvgIpc) is 3.16. The summed E-state index contributed by atoms with van der Waals surface area (Å²) in [6.45, 7) is 3.24. The number of nitrogens with one attached hydrogen (secondary N) is 1. The standard InChI is InChI=1S/C19H24N2O5S/c1-3-20-27(23,24)18-9-6-16(7-10-18)8-11-19(22)21(12-14-25-2)15-17-5-4-13-26-17/h4-11,13,20H,3,12,14-15H2,1-2H3/b11-8+. The van der Waals surface area contributed by atoms with E-state index in [0.717, 1.165) is 5.56 Å². The first-order valence-electron chi connectivity index (χ1n) is 8.54. The lowest BCUT2D eigenvalue weighted by Gasteiger charge is -2.19. The second kappa shape index (κ2) is 10.1. The molecule has 7 nitrogen and oxygen atoms in total. The fourth-order valence-corrected chi connectivity index (χ4v) is 3.40. The summed E-state index contributed by atoms with van der Waals surface area (Å²) in [5.74, 6) is 0.499. The van der Waals surface area contributed by atoms with Crippen LogP contribution in [0.3, 0.4) is 0 Å². The first-order valence-corrected chi connectivity index (χ1v) is 10.0. The normalized spacial score (nSPS) is 11.8. The first kappa shape index (κ1) is 20.9. The molecule has 0 radical (unpaired) electrons. The molecule has 1 aromatic carbocycles. The van der Waals surface area contributed by atoms with E-state index in [1.165, 1.54) is 18.2 Å². The molecule has 0 unspecified atom stereocenters. The molecule has 0 saturated heterocycles. The highest BCUT2D eigenvalue weighted by Crippen LogP contribution is 2.12. The van der Waals surface area contributed by atoms with Gasteiger partial charge in [0.15, 0.2) is 0 Å². The van der Waals surface area contributed by atoms with Crippen LogP contribution in [0, 0.1) is 0 Å². The van der Waals surface area contributed by atoms with E-state index in [-0.39, 0.29) is 10.8 Å². The first-order chi connectivity index (χ1) is 13.0. The minimum absolute atomic E-state index is 0.187. The van der Waals surface area contributed by atoms with Crippen LogP contribution in [0.5, 0.6) is 0 Å². The molecule has 0 spiro atoms.